The molecule has 0 bridgehead atoms. The first kappa shape index (κ1) is 12.4. The number of nitrogens with zero attached hydrogens (tertiary/aromatic N) is 3. The molecule has 0 aliphatic carbocycles. The lowest BCUT2D eigenvalue weighted by Gasteiger charge is -2.06. The number of nitrogen functional groups attached to an aromatic ring is 1. The van der Waals surface area contributed by atoms with Crippen LogP contribution in [0.25, 0.3) is 5.82 Å². The van der Waals surface area contributed by atoms with Gasteiger partial charge in [-0.05, 0) is 6.07 Å². The number of aromatic nitrogens is 3. The van der Waals surface area contributed by atoms with E-state index in [1.807, 2.05) is 0 Å². The predicted octanol–water partition coefficient (Wildman–Crippen LogP) is 0.262. The van der Waals surface area contributed by atoms with Gasteiger partial charge in [0.15, 0.2) is 15.7 Å². The van der Waals surface area contributed by atoms with Crippen LogP contribution in [0.2, 0.25) is 0 Å². The van der Waals surface area contributed by atoms with Gasteiger partial charge in [0.25, 0.3) is 0 Å². The van der Waals surface area contributed by atoms with E-state index in [1.165, 1.54) is 24.2 Å². The van der Waals surface area contributed by atoms with Gasteiger partial charge in [-0.1, -0.05) is 0 Å². The lowest BCUT2D eigenvalue weighted by Crippen LogP contribution is -2.04. The molecule has 96 valence electrons. The summed E-state index contributed by atoms with van der Waals surface area (Å²) < 4.78 is 29.0. The summed E-state index contributed by atoms with van der Waals surface area (Å²) in [4.78, 5) is 4.22. The monoisotopic (exact) mass is 268 g/mol. The second-order valence-electron chi connectivity index (χ2n) is 3.66. The average Bonchev–Trinajstić information content (AvgIpc) is 2.78. The zero-order chi connectivity index (χ0) is 13.3. The Kier molecular flexibility index (Phi) is 2.95. The van der Waals surface area contributed by atoms with E-state index in [1.54, 1.807) is 12.1 Å². The zero-order valence-corrected chi connectivity index (χ0v) is 10.7. The van der Waals surface area contributed by atoms with Crippen LogP contribution in [0.5, 0.6) is 5.88 Å². The van der Waals surface area contributed by atoms with Crippen molar-refractivity contribution in [2.75, 3.05) is 19.1 Å². The van der Waals surface area contributed by atoms with Gasteiger partial charge in [0.1, 0.15) is 4.90 Å². The normalized spacial score (nSPS) is 11.4. The summed E-state index contributed by atoms with van der Waals surface area (Å²) in [5.41, 5.74) is 6.14. The van der Waals surface area contributed by atoms with Crippen LogP contribution >= 0.6 is 0 Å². The highest BCUT2D eigenvalue weighted by Gasteiger charge is 2.13. The minimum absolute atomic E-state index is 0.103. The van der Waals surface area contributed by atoms with Crippen LogP contribution in [-0.4, -0.2) is 36.5 Å². The number of pyridine rings is 1. The Bertz CT molecular complexity index is 678. The minimum Gasteiger partial charge on any atom is -0.481 e. The molecule has 2 aromatic heterocycles. The van der Waals surface area contributed by atoms with Crippen molar-refractivity contribution in [1.82, 2.24) is 14.8 Å². The van der Waals surface area contributed by atoms with Crippen LogP contribution in [0.1, 0.15) is 0 Å². The highest BCUT2D eigenvalue weighted by molar-refractivity contribution is 7.90. The van der Waals surface area contributed by atoms with Gasteiger partial charge in [-0.25, -0.2) is 13.1 Å². The Labute approximate surface area is 104 Å². The molecule has 0 saturated carbocycles. The Morgan fingerprint density at radius 3 is 2.67 bits per heavy atom. The third kappa shape index (κ3) is 2.28. The van der Waals surface area contributed by atoms with Crippen molar-refractivity contribution in [1.29, 1.82) is 0 Å². The Hall–Kier alpha value is -2.09. The fraction of sp³-hybridized carbons (Fsp3) is 0.200. The zero-order valence-electron chi connectivity index (χ0n) is 9.86. The summed E-state index contributed by atoms with van der Waals surface area (Å²) in [6.07, 6.45) is 3.71. The van der Waals surface area contributed by atoms with E-state index in [4.69, 9.17) is 10.5 Å². The molecule has 0 radical (unpaired) electrons. The van der Waals surface area contributed by atoms with E-state index in [2.05, 4.69) is 10.1 Å². The van der Waals surface area contributed by atoms with Crippen LogP contribution in [0, 0.1) is 0 Å². The molecule has 7 nitrogen and oxygen atoms in total. The van der Waals surface area contributed by atoms with Crippen LogP contribution < -0.4 is 10.5 Å². The number of sulfone groups is 1. The van der Waals surface area contributed by atoms with Gasteiger partial charge in [-0.2, -0.15) is 10.1 Å². The van der Waals surface area contributed by atoms with Crippen LogP contribution in [0.15, 0.2) is 29.4 Å². The van der Waals surface area contributed by atoms with Gasteiger partial charge in [-0.3, -0.25) is 0 Å². The van der Waals surface area contributed by atoms with E-state index in [-0.39, 0.29) is 4.90 Å². The summed E-state index contributed by atoms with van der Waals surface area (Å²) in [5.74, 6) is 0.694. The van der Waals surface area contributed by atoms with Gasteiger partial charge >= 0.3 is 0 Å². The molecule has 2 aromatic rings. The quantitative estimate of drug-likeness (QED) is 0.857. The maximum atomic E-state index is 11.4. The van der Waals surface area contributed by atoms with Crippen molar-refractivity contribution >= 4 is 15.5 Å². The van der Waals surface area contributed by atoms with E-state index in [0.717, 1.165) is 6.26 Å². The van der Waals surface area contributed by atoms with E-state index in [9.17, 15) is 8.42 Å². The molecule has 0 fully saturated rings. The lowest BCUT2D eigenvalue weighted by molar-refractivity contribution is 0.397. The molecular formula is C10H12N4O3S. The number of hydrogen-bond donors (Lipinski definition) is 1. The highest BCUT2D eigenvalue weighted by atomic mass is 32.2. The predicted molar refractivity (Wildman–Crippen MR) is 65.4 cm³/mol. The van der Waals surface area contributed by atoms with E-state index in [0.29, 0.717) is 17.4 Å². The van der Waals surface area contributed by atoms with Crippen molar-refractivity contribution < 1.29 is 13.2 Å². The van der Waals surface area contributed by atoms with Crippen molar-refractivity contribution in [2.24, 2.45) is 0 Å². The van der Waals surface area contributed by atoms with Crippen molar-refractivity contribution in [2.45, 2.75) is 4.90 Å². The Morgan fingerprint density at radius 1 is 1.39 bits per heavy atom. The largest absolute Gasteiger partial charge is 0.481 e. The molecule has 18 heavy (non-hydrogen) atoms. The SMILES string of the molecule is COc1ccc(N)c(-n2cc(S(C)(=O)=O)cn2)n1. The molecule has 2 rings (SSSR count). The number of rotatable bonds is 3. The van der Waals surface area contributed by atoms with Gasteiger partial charge in [0.2, 0.25) is 5.88 Å². The summed E-state index contributed by atoms with van der Waals surface area (Å²) in [5, 5.41) is 3.93. The maximum absolute atomic E-state index is 11.4. The third-order valence-corrected chi connectivity index (χ3v) is 3.36. The number of nitrogens with two attached hydrogens (primary N) is 1. The Morgan fingerprint density at radius 2 is 2.11 bits per heavy atom. The second kappa shape index (κ2) is 4.30. The van der Waals surface area contributed by atoms with E-state index >= 15 is 0 Å². The first-order valence-electron chi connectivity index (χ1n) is 4.97. The summed E-state index contributed by atoms with van der Waals surface area (Å²) >= 11 is 0. The van der Waals surface area contributed by atoms with Gasteiger partial charge in [0.05, 0.1) is 25.2 Å². The molecule has 8 heteroatoms. The molecule has 0 amide bonds. The fourth-order valence-electron chi connectivity index (χ4n) is 1.35. The molecule has 2 N–H and O–H groups in total. The molecule has 0 atom stereocenters. The highest BCUT2D eigenvalue weighted by Crippen LogP contribution is 2.19. The molecule has 0 saturated heterocycles. The lowest BCUT2D eigenvalue weighted by atomic mass is 10.4. The fourth-order valence-corrected chi connectivity index (χ4v) is 1.88. The van der Waals surface area contributed by atoms with Crippen LogP contribution in [0.4, 0.5) is 5.69 Å². The topological polar surface area (TPSA) is 100 Å². The van der Waals surface area contributed by atoms with Crippen molar-refractivity contribution in [3.8, 4) is 11.7 Å². The molecule has 0 unspecified atom stereocenters. The molecule has 0 spiro atoms. The summed E-state index contributed by atoms with van der Waals surface area (Å²) in [7, 11) is -1.82. The summed E-state index contributed by atoms with van der Waals surface area (Å²) in [6.45, 7) is 0. The van der Waals surface area contributed by atoms with E-state index < -0.39 is 9.84 Å². The number of ether oxygens (including phenoxy) is 1. The summed E-state index contributed by atoms with van der Waals surface area (Å²) in [6, 6.07) is 3.22. The minimum atomic E-state index is -3.30. The standard InChI is InChI=1S/C10H12N4O3S/c1-17-9-4-3-8(11)10(13-9)14-6-7(5-12-14)18(2,15)16/h3-6H,11H2,1-2H3. The second-order valence-corrected chi connectivity index (χ2v) is 5.67. The molecule has 0 aliphatic heterocycles. The molecule has 0 aliphatic rings. The van der Waals surface area contributed by atoms with Crippen LogP contribution in [0.3, 0.4) is 0 Å². The Balaban J connectivity index is 2.52. The van der Waals surface area contributed by atoms with Gasteiger partial charge < -0.3 is 10.5 Å². The smallest absolute Gasteiger partial charge is 0.215 e. The van der Waals surface area contributed by atoms with Crippen molar-refractivity contribution in [3.05, 3.63) is 24.5 Å². The first-order valence-corrected chi connectivity index (χ1v) is 6.86. The number of hydrogen-bond acceptors (Lipinski definition) is 6. The number of anilines is 1. The number of methoxy groups -OCH3 is 1. The maximum Gasteiger partial charge on any atom is 0.215 e. The van der Waals surface area contributed by atoms with Crippen LogP contribution in [-0.2, 0) is 9.84 Å². The van der Waals surface area contributed by atoms with Gasteiger partial charge in [-0.15, -0.1) is 0 Å². The van der Waals surface area contributed by atoms with Crippen molar-refractivity contribution in [3.63, 3.8) is 0 Å². The molecule has 2 heterocycles. The molecule has 0 aromatic carbocycles. The average molecular weight is 268 g/mol. The van der Waals surface area contributed by atoms with Gasteiger partial charge in [0, 0.05) is 12.3 Å². The third-order valence-electron chi connectivity index (χ3n) is 2.29. The first-order chi connectivity index (χ1) is 8.41. The molecular weight excluding hydrogens is 256 g/mol.